The van der Waals surface area contributed by atoms with Crippen molar-refractivity contribution in [2.24, 2.45) is 4.99 Å². The largest absolute Gasteiger partial charge is 0.379 e. The van der Waals surface area contributed by atoms with E-state index in [1.807, 2.05) is 0 Å². The molecule has 0 amide bonds. The number of hydrogen-bond donors (Lipinski definition) is 2. The Morgan fingerprint density at radius 1 is 1.13 bits per heavy atom. The van der Waals surface area contributed by atoms with Crippen molar-refractivity contribution in [3.8, 4) is 0 Å². The fourth-order valence-electron chi connectivity index (χ4n) is 3.65. The highest BCUT2D eigenvalue weighted by atomic mass is 127. The van der Waals surface area contributed by atoms with Crippen LogP contribution in [0, 0.1) is 0 Å². The molecule has 0 saturated carbocycles. The van der Waals surface area contributed by atoms with Gasteiger partial charge in [-0.15, -0.1) is 24.0 Å². The molecular formula is C23H39IN4O3. The van der Waals surface area contributed by atoms with Gasteiger partial charge in [0.2, 0.25) is 0 Å². The molecule has 31 heavy (non-hydrogen) atoms. The SMILES string of the molecule is CCNC(=NCc1ccc(CN2CCOCC2)cc1)NCCCOCC1CCCO1.I. The molecule has 1 unspecified atom stereocenters. The minimum absolute atomic E-state index is 0. The molecule has 2 heterocycles. The van der Waals surface area contributed by atoms with E-state index >= 15 is 0 Å². The normalized spacial score (nSPS) is 19.8. The van der Waals surface area contributed by atoms with Crippen molar-refractivity contribution in [3.05, 3.63) is 35.4 Å². The van der Waals surface area contributed by atoms with E-state index in [-0.39, 0.29) is 24.0 Å². The zero-order valence-electron chi connectivity index (χ0n) is 18.8. The quantitative estimate of drug-likeness (QED) is 0.193. The molecule has 2 saturated heterocycles. The number of ether oxygens (including phenoxy) is 3. The Labute approximate surface area is 204 Å². The van der Waals surface area contributed by atoms with Crippen molar-refractivity contribution in [3.63, 3.8) is 0 Å². The maximum atomic E-state index is 5.72. The van der Waals surface area contributed by atoms with Crippen molar-refractivity contribution >= 4 is 29.9 Å². The lowest BCUT2D eigenvalue weighted by Crippen LogP contribution is -2.38. The third-order valence-electron chi connectivity index (χ3n) is 5.38. The first kappa shape index (κ1) is 26.3. The minimum atomic E-state index is 0. The molecule has 8 heteroatoms. The number of nitrogens with one attached hydrogen (secondary N) is 2. The molecule has 2 fully saturated rings. The molecule has 1 atom stereocenters. The molecule has 1 aromatic carbocycles. The Balaban J connectivity index is 0.00000341. The summed E-state index contributed by atoms with van der Waals surface area (Å²) in [5, 5.41) is 6.71. The number of hydrogen-bond acceptors (Lipinski definition) is 5. The summed E-state index contributed by atoms with van der Waals surface area (Å²) in [5.41, 5.74) is 2.57. The summed E-state index contributed by atoms with van der Waals surface area (Å²) >= 11 is 0. The fourth-order valence-corrected chi connectivity index (χ4v) is 3.65. The summed E-state index contributed by atoms with van der Waals surface area (Å²) in [6.45, 7) is 11.5. The molecule has 176 valence electrons. The Bertz CT molecular complexity index is 618. The molecule has 1 aromatic rings. The van der Waals surface area contributed by atoms with Crippen molar-refractivity contribution in [1.82, 2.24) is 15.5 Å². The van der Waals surface area contributed by atoms with E-state index in [0.717, 1.165) is 91.0 Å². The van der Waals surface area contributed by atoms with E-state index in [0.29, 0.717) is 12.6 Å². The van der Waals surface area contributed by atoms with Gasteiger partial charge in [-0.2, -0.15) is 0 Å². The second-order valence-corrected chi connectivity index (χ2v) is 7.89. The highest BCUT2D eigenvalue weighted by molar-refractivity contribution is 14.0. The van der Waals surface area contributed by atoms with Crippen LogP contribution in [0.15, 0.2) is 29.3 Å². The second-order valence-electron chi connectivity index (χ2n) is 7.89. The average molecular weight is 546 g/mol. The van der Waals surface area contributed by atoms with E-state index in [1.54, 1.807) is 0 Å². The third kappa shape index (κ3) is 10.5. The fraction of sp³-hybridized carbons (Fsp3) is 0.696. The van der Waals surface area contributed by atoms with Gasteiger partial charge in [0.25, 0.3) is 0 Å². The van der Waals surface area contributed by atoms with Gasteiger partial charge in [0.1, 0.15) is 0 Å². The van der Waals surface area contributed by atoms with E-state index in [9.17, 15) is 0 Å². The summed E-state index contributed by atoms with van der Waals surface area (Å²) < 4.78 is 16.7. The predicted octanol–water partition coefficient (Wildman–Crippen LogP) is 2.78. The molecule has 0 aliphatic carbocycles. The van der Waals surface area contributed by atoms with Crippen molar-refractivity contribution < 1.29 is 14.2 Å². The number of nitrogens with zero attached hydrogens (tertiary/aromatic N) is 2. The summed E-state index contributed by atoms with van der Waals surface area (Å²) in [5.74, 6) is 0.856. The zero-order valence-corrected chi connectivity index (χ0v) is 21.1. The molecule has 2 aliphatic rings. The number of morpholine rings is 1. The Morgan fingerprint density at radius 2 is 1.90 bits per heavy atom. The second kappa shape index (κ2) is 15.8. The van der Waals surface area contributed by atoms with Crippen LogP contribution in [0.3, 0.4) is 0 Å². The van der Waals surface area contributed by atoms with Gasteiger partial charge < -0.3 is 24.8 Å². The highest BCUT2D eigenvalue weighted by Crippen LogP contribution is 2.12. The maximum absolute atomic E-state index is 5.72. The lowest BCUT2D eigenvalue weighted by molar-refractivity contribution is 0.0168. The molecule has 2 aliphatic heterocycles. The average Bonchev–Trinajstić information content (AvgIpc) is 3.30. The predicted molar refractivity (Wildman–Crippen MR) is 135 cm³/mol. The molecular weight excluding hydrogens is 507 g/mol. The molecule has 0 bridgehead atoms. The minimum Gasteiger partial charge on any atom is -0.379 e. The Kier molecular flexibility index (Phi) is 13.4. The monoisotopic (exact) mass is 546 g/mol. The number of rotatable bonds is 11. The number of benzene rings is 1. The summed E-state index contributed by atoms with van der Waals surface area (Å²) in [6.07, 6.45) is 3.54. The van der Waals surface area contributed by atoms with E-state index < -0.39 is 0 Å². The van der Waals surface area contributed by atoms with Crippen LogP contribution in [0.5, 0.6) is 0 Å². The molecule has 2 N–H and O–H groups in total. The van der Waals surface area contributed by atoms with Crippen LogP contribution in [0.2, 0.25) is 0 Å². The standard InChI is InChI=1S/C23H38N4O3.HI/c1-2-24-23(25-10-4-13-29-19-22-5-3-14-30-22)26-17-20-6-8-21(9-7-20)18-27-11-15-28-16-12-27;/h6-9,22H,2-5,10-19H2,1H3,(H2,24,25,26);1H. The third-order valence-corrected chi connectivity index (χ3v) is 5.38. The van der Waals surface area contributed by atoms with Crippen molar-refractivity contribution in [2.75, 3.05) is 59.2 Å². The van der Waals surface area contributed by atoms with Crippen LogP contribution >= 0.6 is 24.0 Å². The van der Waals surface area contributed by atoms with Gasteiger partial charge in [0.15, 0.2) is 5.96 Å². The number of aliphatic imine (C=N–C) groups is 1. The molecule has 0 aromatic heterocycles. The number of halogens is 1. The lowest BCUT2D eigenvalue weighted by atomic mass is 10.1. The highest BCUT2D eigenvalue weighted by Gasteiger charge is 2.15. The van der Waals surface area contributed by atoms with Gasteiger partial charge in [-0.05, 0) is 37.3 Å². The molecule has 0 radical (unpaired) electrons. The van der Waals surface area contributed by atoms with Gasteiger partial charge in [-0.3, -0.25) is 4.90 Å². The van der Waals surface area contributed by atoms with E-state index in [2.05, 4.69) is 46.7 Å². The van der Waals surface area contributed by atoms with Crippen molar-refractivity contribution in [1.29, 1.82) is 0 Å². The maximum Gasteiger partial charge on any atom is 0.191 e. The van der Waals surface area contributed by atoms with E-state index in [1.165, 1.54) is 11.1 Å². The van der Waals surface area contributed by atoms with Crippen LogP contribution in [-0.2, 0) is 27.3 Å². The summed E-state index contributed by atoms with van der Waals surface area (Å²) in [7, 11) is 0. The number of guanidine groups is 1. The molecule has 0 spiro atoms. The van der Waals surface area contributed by atoms with Crippen LogP contribution in [0.4, 0.5) is 0 Å². The topological polar surface area (TPSA) is 67.4 Å². The Hall–Kier alpha value is -0.940. The van der Waals surface area contributed by atoms with Crippen molar-refractivity contribution in [2.45, 2.75) is 45.4 Å². The van der Waals surface area contributed by atoms with Gasteiger partial charge in [-0.1, -0.05) is 24.3 Å². The van der Waals surface area contributed by atoms with Gasteiger partial charge in [0.05, 0.1) is 32.5 Å². The first-order valence-electron chi connectivity index (χ1n) is 11.4. The van der Waals surface area contributed by atoms with Crippen LogP contribution in [-0.4, -0.2) is 76.2 Å². The van der Waals surface area contributed by atoms with Gasteiger partial charge in [-0.25, -0.2) is 4.99 Å². The summed E-state index contributed by atoms with van der Waals surface area (Å²) in [6, 6.07) is 8.79. The first-order chi connectivity index (χ1) is 14.8. The van der Waals surface area contributed by atoms with Crippen LogP contribution < -0.4 is 10.6 Å². The van der Waals surface area contributed by atoms with Gasteiger partial charge >= 0.3 is 0 Å². The van der Waals surface area contributed by atoms with E-state index in [4.69, 9.17) is 19.2 Å². The lowest BCUT2D eigenvalue weighted by Gasteiger charge is -2.26. The Morgan fingerprint density at radius 3 is 2.61 bits per heavy atom. The molecule has 7 nitrogen and oxygen atoms in total. The summed E-state index contributed by atoms with van der Waals surface area (Å²) in [4.78, 5) is 7.16. The zero-order chi connectivity index (χ0) is 20.9. The first-order valence-corrected chi connectivity index (χ1v) is 11.4. The molecule has 3 rings (SSSR count). The van der Waals surface area contributed by atoms with Crippen LogP contribution in [0.25, 0.3) is 0 Å². The van der Waals surface area contributed by atoms with Crippen LogP contribution in [0.1, 0.15) is 37.3 Å². The van der Waals surface area contributed by atoms with Gasteiger partial charge in [0, 0.05) is 45.9 Å². The smallest absolute Gasteiger partial charge is 0.191 e.